The van der Waals surface area contributed by atoms with Gasteiger partial charge in [0.2, 0.25) is 0 Å². The molecule has 0 aromatic heterocycles. The van der Waals surface area contributed by atoms with Gasteiger partial charge in [-0.1, -0.05) is 42.7 Å². The first-order valence-corrected chi connectivity index (χ1v) is 9.38. The van der Waals surface area contributed by atoms with E-state index in [2.05, 4.69) is 48.3 Å². The van der Waals surface area contributed by atoms with Gasteiger partial charge in [0, 0.05) is 31.2 Å². The molecule has 2 fully saturated rings. The quantitative estimate of drug-likeness (QED) is 0.893. The summed E-state index contributed by atoms with van der Waals surface area (Å²) in [6.07, 6.45) is 6.94. The molecule has 3 nitrogen and oxygen atoms in total. The monoisotopic (exact) mass is 316 g/mol. The van der Waals surface area contributed by atoms with Crippen molar-refractivity contribution >= 4 is 0 Å². The minimum atomic E-state index is -0.0975. The van der Waals surface area contributed by atoms with Crippen molar-refractivity contribution in [1.29, 1.82) is 0 Å². The van der Waals surface area contributed by atoms with Gasteiger partial charge in [0.15, 0.2) is 0 Å². The fraction of sp³-hybridized carbons (Fsp3) is 0.700. The van der Waals surface area contributed by atoms with Gasteiger partial charge < -0.3 is 10.4 Å². The maximum atomic E-state index is 10.2. The molecule has 1 heterocycles. The van der Waals surface area contributed by atoms with Crippen LogP contribution in [0.15, 0.2) is 24.3 Å². The lowest BCUT2D eigenvalue weighted by Gasteiger charge is -2.42. The number of nitrogens with one attached hydrogen (secondary N) is 1. The summed E-state index contributed by atoms with van der Waals surface area (Å²) < 4.78 is 0. The van der Waals surface area contributed by atoms with Crippen LogP contribution in [0.1, 0.15) is 62.6 Å². The lowest BCUT2D eigenvalue weighted by Crippen LogP contribution is -2.51. The smallest absolute Gasteiger partial charge is 0.0695 e. The molecule has 1 saturated heterocycles. The third-order valence-corrected chi connectivity index (χ3v) is 5.76. The van der Waals surface area contributed by atoms with Gasteiger partial charge in [0.1, 0.15) is 0 Å². The molecule has 23 heavy (non-hydrogen) atoms. The highest BCUT2D eigenvalue weighted by molar-refractivity contribution is 5.23. The number of aliphatic hydroxyl groups is 1. The summed E-state index contributed by atoms with van der Waals surface area (Å²) >= 11 is 0. The van der Waals surface area contributed by atoms with Crippen molar-refractivity contribution in [2.24, 2.45) is 0 Å². The zero-order valence-electron chi connectivity index (χ0n) is 14.7. The van der Waals surface area contributed by atoms with Crippen LogP contribution in [0.3, 0.4) is 0 Å². The molecule has 3 rings (SSSR count). The molecule has 128 valence electrons. The van der Waals surface area contributed by atoms with Crippen molar-refractivity contribution in [2.45, 2.75) is 76.6 Å². The van der Waals surface area contributed by atoms with Crippen molar-refractivity contribution in [3.05, 3.63) is 35.4 Å². The number of rotatable bonds is 4. The Morgan fingerprint density at radius 1 is 1.04 bits per heavy atom. The molecule has 0 amide bonds. The second-order valence-electron chi connectivity index (χ2n) is 7.53. The lowest BCUT2D eigenvalue weighted by molar-refractivity contribution is 0.00671. The average Bonchev–Trinajstić information content (AvgIpc) is 2.57. The molecule has 3 heteroatoms. The van der Waals surface area contributed by atoms with Crippen LogP contribution in [-0.2, 0) is 0 Å². The highest BCUT2D eigenvalue weighted by atomic mass is 16.3. The van der Waals surface area contributed by atoms with E-state index in [9.17, 15) is 5.11 Å². The van der Waals surface area contributed by atoms with E-state index in [1.165, 1.54) is 43.2 Å². The van der Waals surface area contributed by atoms with E-state index in [1.54, 1.807) is 0 Å². The van der Waals surface area contributed by atoms with Crippen LogP contribution < -0.4 is 5.32 Å². The van der Waals surface area contributed by atoms with Crippen LogP contribution in [-0.4, -0.2) is 41.3 Å². The minimum absolute atomic E-state index is 0.0975. The molecule has 2 N–H and O–H groups in total. The van der Waals surface area contributed by atoms with Gasteiger partial charge in [0.25, 0.3) is 0 Å². The van der Waals surface area contributed by atoms with Gasteiger partial charge >= 0.3 is 0 Å². The van der Waals surface area contributed by atoms with E-state index < -0.39 is 0 Å². The van der Waals surface area contributed by atoms with E-state index in [0.717, 1.165) is 19.5 Å². The first-order valence-electron chi connectivity index (χ1n) is 9.38. The molecule has 0 radical (unpaired) electrons. The molecule has 1 aliphatic heterocycles. The summed E-state index contributed by atoms with van der Waals surface area (Å²) in [7, 11) is 0. The summed E-state index contributed by atoms with van der Waals surface area (Å²) in [5.41, 5.74) is 2.70. The Kier molecular flexibility index (Phi) is 5.73. The Bertz CT molecular complexity index is 479. The fourth-order valence-electron chi connectivity index (χ4n) is 4.22. The normalized spacial score (nSPS) is 28.7. The van der Waals surface area contributed by atoms with E-state index in [4.69, 9.17) is 0 Å². The molecule has 0 spiro atoms. The average molecular weight is 316 g/mol. The Balaban J connectivity index is 1.48. The highest BCUT2D eigenvalue weighted by Gasteiger charge is 2.31. The standard InChI is InChI=1S/C20H32N2O/c1-15-7-9-17(10-8-15)16(2)21-18-11-13-22(14-12-18)19-5-3-4-6-20(19)23/h7-10,16,18-21,23H,3-6,11-14H2,1-2H3. The Hall–Kier alpha value is -0.900. The van der Waals surface area contributed by atoms with E-state index in [0.29, 0.717) is 18.1 Å². The number of piperidine rings is 1. The van der Waals surface area contributed by atoms with Gasteiger partial charge in [-0.25, -0.2) is 0 Å². The zero-order valence-corrected chi connectivity index (χ0v) is 14.7. The molecule has 3 atom stereocenters. The highest BCUT2D eigenvalue weighted by Crippen LogP contribution is 2.26. The number of aliphatic hydroxyl groups excluding tert-OH is 1. The molecule has 0 bridgehead atoms. The summed E-state index contributed by atoms with van der Waals surface area (Å²) in [6, 6.07) is 10.3. The van der Waals surface area contributed by atoms with Gasteiger partial charge in [0.05, 0.1) is 6.10 Å². The number of hydrogen-bond acceptors (Lipinski definition) is 3. The Morgan fingerprint density at radius 2 is 1.70 bits per heavy atom. The van der Waals surface area contributed by atoms with Crippen LogP contribution in [0.4, 0.5) is 0 Å². The molecule has 1 aliphatic carbocycles. The molecular formula is C20H32N2O. The Morgan fingerprint density at radius 3 is 2.35 bits per heavy atom. The van der Waals surface area contributed by atoms with Crippen molar-refractivity contribution in [3.63, 3.8) is 0 Å². The molecule has 1 saturated carbocycles. The van der Waals surface area contributed by atoms with E-state index in [1.807, 2.05) is 0 Å². The lowest BCUT2D eigenvalue weighted by atomic mass is 9.89. The van der Waals surface area contributed by atoms with Gasteiger partial charge in [-0.3, -0.25) is 4.90 Å². The number of benzene rings is 1. The summed E-state index contributed by atoms with van der Waals surface area (Å²) in [5, 5.41) is 14.0. The first-order chi connectivity index (χ1) is 11.1. The van der Waals surface area contributed by atoms with Gasteiger partial charge in [-0.15, -0.1) is 0 Å². The predicted octanol–water partition coefficient (Wildman–Crippen LogP) is 3.41. The first kappa shape index (κ1) is 16.9. The third kappa shape index (κ3) is 4.34. The zero-order chi connectivity index (χ0) is 16.2. The number of aryl methyl sites for hydroxylation is 1. The van der Waals surface area contributed by atoms with Crippen LogP contribution in [0.5, 0.6) is 0 Å². The van der Waals surface area contributed by atoms with Crippen LogP contribution in [0.2, 0.25) is 0 Å². The Labute approximate surface area is 141 Å². The molecule has 3 unspecified atom stereocenters. The molecule has 2 aliphatic rings. The number of nitrogens with zero attached hydrogens (tertiary/aromatic N) is 1. The summed E-state index contributed by atoms with van der Waals surface area (Å²) in [4.78, 5) is 2.54. The van der Waals surface area contributed by atoms with Crippen molar-refractivity contribution in [1.82, 2.24) is 10.2 Å². The minimum Gasteiger partial charge on any atom is -0.391 e. The van der Waals surface area contributed by atoms with Crippen LogP contribution in [0, 0.1) is 6.92 Å². The molecular weight excluding hydrogens is 284 g/mol. The fourth-order valence-corrected chi connectivity index (χ4v) is 4.22. The predicted molar refractivity (Wildman–Crippen MR) is 95.6 cm³/mol. The van der Waals surface area contributed by atoms with Crippen LogP contribution in [0.25, 0.3) is 0 Å². The van der Waals surface area contributed by atoms with Crippen molar-refractivity contribution in [3.8, 4) is 0 Å². The molecule has 1 aromatic carbocycles. The SMILES string of the molecule is Cc1ccc(C(C)NC2CCN(C3CCCCC3O)CC2)cc1. The van der Waals surface area contributed by atoms with Gasteiger partial charge in [-0.05, 0) is 45.1 Å². The third-order valence-electron chi connectivity index (χ3n) is 5.76. The van der Waals surface area contributed by atoms with Gasteiger partial charge in [-0.2, -0.15) is 0 Å². The maximum absolute atomic E-state index is 10.2. The van der Waals surface area contributed by atoms with Crippen LogP contribution >= 0.6 is 0 Å². The largest absolute Gasteiger partial charge is 0.391 e. The van der Waals surface area contributed by atoms with E-state index >= 15 is 0 Å². The second kappa shape index (κ2) is 7.78. The maximum Gasteiger partial charge on any atom is 0.0695 e. The summed E-state index contributed by atoms with van der Waals surface area (Å²) in [5.74, 6) is 0. The molecule has 1 aromatic rings. The van der Waals surface area contributed by atoms with Crippen molar-refractivity contribution < 1.29 is 5.11 Å². The number of likely N-dealkylation sites (tertiary alicyclic amines) is 1. The second-order valence-corrected chi connectivity index (χ2v) is 7.53. The van der Waals surface area contributed by atoms with Crippen molar-refractivity contribution in [2.75, 3.05) is 13.1 Å². The summed E-state index contributed by atoms with van der Waals surface area (Å²) in [6.45, 7) is 6.65. The van der Waals surface area contributed by atoms with E-state index in [-0.39, 0.29) is 6.10 Å². The number of hydrogen-bond donors (Lipinski definition) is 2. The topological polar surface area (TPSA) is 35.5 Å².